The maximum atomic E-state index is 6.39. The largest absolute Gasteiger partial charge is 0.383 e. The van der Waals surface area contributed by atoms with Crippen LogP contribution >= 0.6 is 11.6 Å². The predicted molar refractivity (Wildman–Crippen MR) is 90.4 cm³/mol. The highest BCUT2D eigenvalue weighted by Gasteiger charge is 2.24. The normalized spacial score (nSPS) is 19.5. The minimum Gasteiger partial charge on any atom is -0.383 e. The number of hydrogen-bond donors (Lipinski definition) is 0. The summed E-state index contributed by atoms with van der Waals surface area (Å²) in [6.07, 6.45) is 2.20. The van der Waals surface area contributed by atoms with Crippen LogP contribution in [0.25, 0.3) is 0 Å². The summed E-state index contributed by atoms with van der Waals surface area (Å²) < 4.78 is 6.95. The Balaban J connectivity index is 1.85. The molecule has 2 heterocycles. The van der Waals surface area contributed by atoms with Crippen molar-refractivity contribution in [2.75, 3.05) is 46.9 Å². The van der Waals surface area contributed by atoms with E-state index in [1.165, 1.54) is 25.1 Å². The lowest BCUT2D eigenvalue weighted by molar-refractivity contribution is 0.157. The zero-order chi connectivity index (χ0) is 16.1. The quantitative estimate of drug-likeness (QED) is 0.731. The lowest BCUT2D eigenvalue weighted by atomic mass is 10.1. The van der Waals surface area contributed by atoms with E-state index < -0.39 is 0 Å². The summed E-state index contributed by atoms with van der Waals surface area (Å²) >= 11 is 6.39. The Morgan fingerprint density at radius 3 is 2.91 bits per heavy atom. The highest BCUT2D eigenvalue weighted by Crippen LogP contribution is 2.23. The second-order valence-corrected chi connectivity index (χ2v) is 6.70. The van der Waals surface area contributed by atoms with Gasteiger partial charge in [0.25, 0.3) is 0 Å². The van der Waals surface area contributed by atoms with E-state index in [2.05, 4.69) is 28.9 Å². The van der Waals surface area contributed by atoms with Gasteiger partial charge in [0.15, 0.2) is 0 Å². The Morgan fingerprint density at radius 1 is 1.45 bits per heavy atom. The molecule has 0 spiro atoms. The minimum absolute atomic E-state index is 0.738. The summed E-state index contributed by atoms with van der Waals surface area (Å²) in [4.78, 5) is 4.88. The van der Waals surface area contributed by atoms with Gasteiger partial charge in [0.2, 0.25) is 0 Å². The van der Waals surface area contributed by atoms with Gasteiger partial charge in [-0.05, 0) is 32.4 Å². The smallest absolute Gasteiger partial charge is 0.131 e. The summed E-state index contributed by atoms with van der Waals surface area (Å²) in [5.41, 5.74) is 2.30. The van der Waals surface area contributed by atoms with Crippen molar-refractivity contribution in [3.8, 4) is 0 Å². The highest BCUT2D eigenvalue weighted by molar-refractivity contribution is 6.30. The lowest BCUT2D eigenvalue weighted by Gasteiger charge is -2.21. The van der Waals surface area contributed by atoms with Gasteiger partial charge < -0.3 is 14.5 Å². The van der Waals surface area contributed by atoms with Crippen LogP contribution in [0.3, 0.4) is 0 Å². The summed E-state index contributed by atoms with van der Waals surface area (Å²) in [6, 6.07) is 0. The Morgan fingerprint density at radius 2 is 2.23 bits per heavy atom. The number of halogens is 1. The first kappa shape index (κ1) is 17.7. The van der Waals surface area contributed by atoms with Gasteiger partial charge in [0, 0.05) is 45.9 Å². The maximum Gasteiger partial charge on any atom is 0.131 e. The van der Waals surface area contributed by atoms with E-state index in [-0.39, 0.29) is 0 Å². The lowest BCUT2D eigenvalue weighted by Crippen LogP contribution is -2.29. The summed E-state index contributed by atoms with van der Waals surface area (Å²) in [5.74, 6) is 0.738. The van der Waals surface area contributed by atoms with Crippen molar-refractivity contribution in [2.45, 2.75) is 26.3 Å². The molecule has 126 valence electrons. The first-order valence-corrected chi connectivity index (χ1v) is 8.53. The molecular formula is C16H29ClN4O. The number of rotatable bonds is 8. The van der Waals surface area contributed by atoms with Gasteiger partial charge in [-0.1, -0.05) is 18.5 Å². The number of hydrogen-bond acceptors (Lipinski definition) is 4. The number of nitrogens with zero attached hydrogens (tertiary/aromatic N) is 4. The van der Waals surface area contributed by atoms with Crippen LogP contribution in [-0.4, -0.2) is 66.5 Å². The van der Waals surface area contributed by atoms with Crippen LogP contribution in [0, 0.1) is 5.92 Å². The van der Waals surface area contributed by atoms with Gasteiger partial charge in [0.05, 0.1) is 12.3 Å². The fourth-order valence-corrected chi connectivity index (χ4v) is 3.51. The van der Waals surface area contributed by atoms with Gasteiger partial charge >= 0.3 is 0 Å². The zero-order valence-corrected chi connectivity index (χ0v) is 15.1. The second kappa shape index (κ2) is 8.29. The Kier molecular flexibility index (Phi) is 6.68. The summed E-state index contributed by atoms with van der Waals surface area (Å²) in [5, 5.41) is 5.27. The van der Waals surface area contributed by atoms with Gasteiger partial charge in [-0.2, -0.15) is 5.10 Å². The van der Waals surface area contributed by atoms with Crippen molar-refractivity contribution in [3.63, 3.8) is 0 Å². The number of aryl methyl sites for hydroxylation is 2. The minimum atomic E-state index is 0.738. The predicted octanol–water partition coefficient (Wildman–Crippen LogP) is 2.04. The van der Waals surface area contributed by atoms with Gasteiger partial charge in [-0.25, -0.2) is 0 Å². The second-order valence-electron chi connectivity index (χ2n) is 6.34. The first-order chi connectivity index (χ1) is 10.5. The molecule has 1 fully saturated rings. The van der Waals surface area contributed by atoms with Gasteiger partial charge in [-0.3, -0.25) is 4.68 Å². The molecule has 0 amide bonds. The summed E-state index contributed by atoms with van der Waals surface area (Å²) in [6.45, 7) is 8.36. The summed E-state index contributed by atoms with van der Waals surface area (Å²) in [7, 11) is 5.86. The molecule has 0 N–H and O–H groups in total. The first-order valence-electron chi connectivity index (χ1n) is 8.15. The topological polar surface area (TPSA) is 33.5 Å². The average molecular weight is 329 g/mol. The molecule has 1 aromatic heterocycles. The van der Waals surface area contributed by atoms with Gasteiger partial charge in [0.1, 0.15) is 5.15 Å². The third kappa shape index (κ3) is 4.44. The van der Waals surface area contributed by atoms with Gasteiger partial charge in [-0.15, -0.1) is 0 Å². The SMILES string of the molecule is CCc1nn(C)c(Cl)c1CN(C)C[C@@H]1CCN(CCOC)C1. The molecule has 0 bridgehead atoms. The maximum absolute atomic E-state index is 6.39. The van der Waals surface area contributed by atoms with E-state index in [1.54, 1.807) is 11.8 Å². The molecule has 1 aromatic rings. The molecule has 0 aliphatic carbocycles. The molecule has 0 saturated carbocycles. The van der Waals surface area contributed by atoms with E-state index in [9.17, 15) is 0 Å². The van der Waals surface area contributed by atoms with E-state index in [0.29, 0.717) is 0 Å². The molecular weight excluding hydrogens is 300 g/mol. The van der Waals surface area contributed by atoms with E-state index >= 15 is 0 Å². The van der Waals surface area contributed by atoms with Crippen molar-refractivity contribution < 1.29 is 4.74 Å². The molecule has 0 unspecified atom stereocenters. The van der Waals surface area contributed by atoms with E-state index in [0.717, 1.165) is 49.4 Å². The highest BCUT2D eigenvalue weighted by atomic mass is 35.5. The zero-order valence-electron chi connectivity index (χ0n) is 14.3. The third-order valence-corrected chi connectivity index (χ3v) is 4.94. The van der Waals surface area contributed by atoms with Crippen molar-refractivity contribution in [3.05, 3.63) is 16.4 Å². The molecule has 5 nitrogen and oxygen atoms in total. The van der Waals surface area contributed by atoms with Crippen molar-refractivity contribution in [1.29, 1.82) is 0 Å². The van der Waals surface area contributed by atoms with Crippen LogP contribution in [0.2, 0.25) is 5.15 Å². The monoisotopic (exact) mass is 328 g/mol. The van der Waals surface area contributed by atoms with Crippen LogP contribution in [0.15, 0.2) is 0 Å². The van der Waals surface area contributed by atoms with Crippen LogP contribution in [0.1, 0.15) is 24.6 Å². The fourth-order valence-electron chi connectivity index (χ4n) is 3.30. The number of ether oxygens (including phenoxy) is 1. The number of methoxy groups -OCH3 is 1. The Hall–Kier alpha value is -0.620. The van der Waals surface area contributed by atoms with Crippen LogP contribution < -0.4 is 0 Å². The molecule has 1 saturated heterocycles. The van der Waals surface area contributed by atoms with Crippen molar-refractivity contribution >= 4 is 11.6 Å². The number of likely N-dealkylation sites (tertiary alicyclic amines) is 1. The molecule has 1 atom stereocenters. The molecule has 22 heavy (non-hydrogen) atoms. The van der Waals surface area contributed by atoms with Crippen LogP contribution in [-0.2, 0) is 24.8 Å². The van der Waals surface area contributed by atoms with Crippen LogP contribution in [0.5, 0.6) is 0 Å². The molecule has 0 aromatic carbocycles. The standard InChI is InChI=1S/C16H29ClN4O/c1-5-15-14(16(17)20(3)18-15)12-19(2)10-13-6-7-21(11-13)8-9-22-4/h13H,5-12H2,1-4H3/t13-/m0/s1. The third-order valence-electron chi connectivity index (χ3n) is 4.47. The molecule has 1 aliphatic rings. The Bertz CT molecular complexity index is 477. The molecule has 6 heteroatoms. The van der Waals surface area contributed by atoms with E-state index in [1.807, 2.05) is 7.05 Å². The number of aromatic nitrogens is 2. The molecule has 1 aliphatic heterocycles. The average Bonchev–Trinajstić information content (AvgIpc) is 3.04. The fraction of sp³-hybridized carbons (Fsp3) is 0.812. The molecule has 2 rings (SSSR count). The Labute approximate surface area is 139 Å². The van der Waals surface area contributed by atoms with Crippen molar-refractivity contribution in [2.24, 2.45) is 13.0 Å². The van der Waals surface area contributed by atoms with Crippen molar-refractivity contribution in [1.82, 2.24) is 19.6 Å². The van der Waals surface area contributed by atoms with Crippen LogP contribution in [0.4, 0.5) is 0 Å². The van der Waals surface area contributed by atoms with E-state index in [4.69, 9.17) is 16.3 Å². The molecule has 0 radical (unpaired) electrons.